The standard InChI is InChI=1S/C12H16N2O4S/c15-12(16)8-2-1-3-9-10(8)14-11(13-9)7-4-5-19(17,18)6-7/h7-8H,1-6H2,(H,13,14)(H,15,16). The fourth-order valence-corrected chi connectivity index (χ4v) is 4.73. The number of aromatic amines is 1. The number of hydrogen-bond donors (Lipinski definition) is 2. The van der Waals surface area contributed by atoms with Crippen LogP contribution in [0.4, 0.5) is 0 Å². The predicted molar refractivity (Wildman–Crippen MR) is 67.9 cm³/mol. The predicted octanol–water partition coefficient (Wildman–Crippen LogP) is 0.816. The maximum Gasteiger partial charge on any atom is 0.312 e. The maximum atomic E-state index is 11.5. The number of carbonyl (C=O) groups is 1. The summed E-state index contributed by atoms with van der Waals surface area (Å²) in [6.45, 7) is 0. The zero-order chi connectivity index (χ0) is 13.6. The van der Waals surface area contributed by atoms with Gasteiger partial charge in [-0.05, 0) is 25.7 Å². The number of fused-ring (bicyclic) bond motifs is 1. The van der Waals surface area contributed by atoms with Crippen LogP contribution < -0.4 is 0 Å². The molecule has 2 unspecified atom stereocenters. The molecular weight excluding hydrogens is 268 g/mol. The van der Waals surface area contributed by atoms with Gasteiger partial charge in [-0.25, -0.2) is 13.4 Å². The van der Waals surface area contributed by atoms with Crippen molar-refractivity contribution < 1.29 is 18.3 Å². The average Bonchev–Trinajstić information content (AvgIpc) is 2.90. The van der Waals surface area contributed by atoms with Gasteiger partial charge in [0.2, 0.25) is 0 Å². The van der Waals surface area contributed by atoms with Crippen LogP contribution in [0.1, 0.15) is 48.3 Å². The highest BCUT2D eigenvalue weighted by Gasteiger charge is 2.35. The fraction of sp³-hybridized carbons (Fsp3) is 0.667. The van der Waals surface area contributed by atoms with Gasteiger partial charge in [0, 0.05) is 11.6 Å². The minimum atomic E-state index is -2.95. The van der Waals surface area contributed by atoms with E-state index in [-0.39, 0.29) is 17.4 Å². The molecule has 1 aliphatic carbocycles. The molecule has 0 aromatic carbocycles. The minimum absolute atomic E-state index is 0.106. The van der Waals surface area contributed by atoms with E-state index in [1.54, 1.807) is 0 Å². The van der Waals surface area contributed by atoms with Crippen LogP contribution in [0.25, 0.3) is 0 Å². The summed E-state index contributed by atoms with van der Waals surface area (Å²) in [7, 11) is -2.95. The van der Waals surface area contributed by atoms with Gasteiger partial charge < -0.3 is 10.1 Å². The van der Waals surface area contributed by atoms with E-state index in [4.69, 9.17) is 0 Å². The van der Waals surface area contributed by atoms with E-state index in [0.29, 0.717) is 24.4 Å². The Bertz CT molecular complexity index is 620. The molecule has 7 heteroatoms. The van der Waals surface area contributed by atoms with Crippen LogP contribution >= 0.6 is 0 Å². The summed E-state index contributed by atoms with van der Waals surface area (Å²) in [6, 6.07) is 0. The molecule has 19 heavy (non-hydrogen) atoms. The molecule has 2 atom stereocenters. The monoisotopic (exact) mass is 284 g/mol. The Hall–Kier alpha value is -1.37. The lowest BCUT2D eigenvalue weighted by molar-refractivity contribution is -0.139. The summed E-state index contributed by atoms with van der Waals surface area (Å²) >= 11 is 0. The Morgan fingerprint density at radius 1 is 1.37 bits per heavy atom. The topological polar surface area (TPSA) is 100 Å². The molecule has 3 rings (SSSR count). The van der Waals surface area contributed by atoms with Crippen LogP contribution in [0.15, 0.2) is 0 Å². The highest BCUT2D eigenvalue weighted by molar-refractivity contribution is 7.91. The van der Waals surface area contributed by atoms with E-state index in [1.807, 2.05) is 0 Å². The average molecular weight is 284 g/mol. The SMILES string of the molecule is O=C(O)C1CCCc2[nH]c(C3CCS(=O)(=O)C3)nc21. The molecule has 2 aliphatic rings. The van der Waals surface area contributed by atoms with E-state index >= 15 is 0 Å². The third-order valence-electron chi connectivity index (χ3n) is 4.00. The van der Waals surface area contributed by atoms with Crippen molar-refractivity contribution in [2.45, 2.75) is 37.5 Å². The van der Waals surface area contributed by atoms with Crippen LogP contribution in [-0.4, -0.2) is 41.0 Å². The van der Waals surface area contributed by atoms with Crippen LogP contribution in [0, 0.1) is 0 Å². The van der Waals surface area contributed by atoms with E-state index in [0.717, 1.165) is 18.5 Å². The summed E-state index contributed by atoms with van der Waals surface area (Å²) in [6.07, 6.45) is 2.81. The molecule has 1 aromatic heterocycles. The number of imidazole rings is 1. The Labute approximate surface area is 111 Å². The normalized spacial score (nSPS) is 29.1. The zero-order valence-electron chi connectivity index (χ0n) is 10.4. The lowest BCUT2D eigenvalue weighted by Gasteiger charge is -2.16. The number of sulfone groups is 1. The molecule has 6 nitrogen and oxygen atoms in total. The van der Waals surface area contributed by atoms with E-state index in [1.165, 1.54) is 0 Å². The Kier molecular flexibility index (Phi) is 2.88. The van der Waals surface area contributed by atoms with Gasteiger partial charge in [-0.15, -0.1) is 0 Å². The second kappa shape index (κ2) is 4.33. The molecule has 1 saturated heterocycles. The number of aromatic nitrogens is 2. The van der Waals surface area contributed by atoms with Crippen LogP contribution in [0.2, 0.25) is 0 Å². The molecule has 2 heterocycles. The molecule has 1 aromatic rings. The number of aryl methyl sites for hydroxylation is 1. The summed E-state index contributed by atoms with van der Waals surface area (Å²) < 4.78 is 23.0. The summed E-state index contributed by atoms with van der Waals surface area (Å²) in [5, 5.41) is 9.19. The first kappa shape index (κ1) is 12.7. The molecule has 1 fully saturated rings. The number of nitrogens with zero attached hydrogens (tertiary/aromatic N) is 1. The Morgan fingerprint density at radius 2 is 2.16 bits per heavy atom. The smallest absolute Gasteiger partial charge is 0.312 e. The number of hydrogen-bond acceptors (Lipinski definition) is 4. The van der Waals surface area contributed by atoms with Crippen molar-refractivity contribution >= 4 is 15.8 Å². The van der Waals surface area contributed by atoms with Crippen molar-refractivity contribution in [3.05, 3.63) is 17.2 Å². The minimum Gasteiger partial charge on any atom is -0.481 e. The quantitative estimate of drug-likeness (QED) is 0.837. The van der Waals surface area contributed by atoms with Crippen molar-refractivity contribution in [1.29, 1.82) is 0 Å². The van der Waals surface area contributed by atoms with Gasteiger partial charge in [0.15, 0.2) is 9.84 Å². The molecule has 0 saturated carbocycles. The van der Waals surface area contributed by atoms with Gasteiger partial charge >= 0.3 is 5.97 Å². The number of rotatable bonds is 2. The first-order valence-electron chi connectivity index (χ1n) is 6.48. The maximum absolute atomic E-state index is 11.5. The number of carboxylic acids is 1. The van der Waals surface area contributed by atoms with Gasteiger partial charge in [-0.3, -0.25) is 4.79 Å². The van der Waals surface area contributed by atoms with Crippen LogP contribution in [0.3, 0.4) is 0 Å². The van der Waals surface area contributed by atoms with Crippen LogP contribution in [0.5, 0.6) is 0 Å². The number of nitrogens with one attached hydrogen (secondary N) is 1. The van der Waals surface area contributed by atoms with Crippen LogP contribution in [-0.2, 0) is 21.1 Å². The first-order chi connectivity index (χ1) is 8.96. The van der Waals surface area contributed by atoms with Gasteiger partial charge in [0.1, 0.15) is 11.7 Å². The molecule has 2 N–H and O–H groups in total. The molecule has 104 valence electrons. The molecule has 0 spiro atoms. The number of H-pyrrole nitrogens is 1. The molecule has 0 bridgehead atoms. The highest BCUT2D eigenvalue weighted by atomic mass is 32.2. The van der Waals surface area contributed by atoms with E-state index in [2.05, 4.69) is 9.97 Å². The lowest BCUT2D eigenvalue weighted by Crippen LogP contribution is -2.17. The third-order valence-corrected chi connectivity index (χ3v) is 5.76. The van der Waals surface area contributed by atoms with Gasteiger partial charge in [0.25, 0.3) is 0 Å². The molecule has 1 aliphatic heterocycles. The van der Waals surface area contributed by atoms with Crippen molar-refractivity contribution in [2.24, 2.45) is 0 Å². The van der Waals surface area contributed by atoms with Crippen molar-refractivity contribution in [1.82, 2.24) is 9.97 Å². The Balaban J connectivity index is 1.92. The van der Waals surface area contributed by atoms with Crippen molar-refractivity contribution in [2.75, 3.05) is 11.5 Å². The van der Waals surface area contributed by atoms with Gasteiger partial charge in [-0.1, -0.05) is 0 Å². The first-order valence-corrected chi connectivity index (χ1v) is 8.30. The lowest BCUT2D eigenvalue weighted by atomic mass is 9.90. The van der Waals surface area contributed by atoms with Gasteiger partial charge in [-0.2, -0.15) is 0 Å². The highest BCUT2D eigenvalue weighted by Crippen LogP contribution is 2.34. The second-order valence-electron chi connectivity index (χ2n) is 5.37. The summed E-state index contributed by atoms with van der Waals surface area (Å²) in [4.78, 5) is 18.8. The molecular formula is C12H16N2O4S. The largest absolute Gasteiger partial charge is 0.481 e. The van der Waals surface area contributed by atoms with Crippen molar-refractivity contribution in [3.63, 3.8) is 0 Å². The zero-order valence-corrected chi connectivity index (χ0v) is 11.2. The van der Waals surface area contributed by atoms with Gasteiger partial charge in [0.05, 0.1) is 17.2 Å². The van der Waals surface area contributed by atoms with E-state index < -0.39 is 21.7 Å². The summed E-state index contributed by atoms with van der Waals surface area (Å²) in [5.41, 5.74) is 1.48. The van der Waals surface area contributed by atoms with E-state index in [9.17, 15) is 18.3 Å². The molecule has 0 radical (unpaired) electrons. The third kappa shape index (κ3) is 2.27. The molecule has 0 amide bonds. The number of aliphatic carboxylic acids is 1. The van der Waals surface area contributed by atoms with Crippen molar-refractivity contribution in [3.8, 4) is 0 Å². The Morgan fingerprint density at radius 3 is 2.79 bits per heavy atom. The number of carboxylic acid groups (broad SMARTS) is 1. The fourth-order valence-electron chi connectivity index (χ4n) is 2.99. The second-order valence-corrected chi connectivity index (χ2v) is 7.60. The summed E-state index contributed by atoms with van der Waals surface area (Å²) in [5.74, 6) is -0.531.